The van der Waals surface area contributed by atoms with Crippen LogP contribution >= 0.6 is 0 Å². The molecule has 9 aromatic heterocycles. The fraction of sp³-hybridized carbons (Fsp3) is 0.244. The van der Waals surface area contributed by atoms with Gasteiger partial charge in [0, 0.05) is 80.2 Å². The average molecular weight is 1550 g/mol. The van der Waals surface area contributed by atoms with Crippen LogP contribution in [0.2, 0.25) is 0 Å². The van der Waals surface area contributed by atoms with Gasteiger partial charge in [0.1, 0.15) is 77.6 Å². The molecule has 0 saturated carbocycles. The van der Waals surface area contributed by atoms with Crippen molar-refractivity contribution in [2.75, 3.05) is 13.2 Å². The van der Waals surface area contributed by atoms with Crippen molar-refractivity contribution in [3.63, 3.8) is 0 Å². The van der Waals surface area contributed by atoms with E-state index in [0.29, 0.717) is 89.2 Å². The van der Waals surface area contributed by atoms with E-state index in [1.807, 2.05) is 219 Å². The lowest BCUT2D eigenvalue weighted by Gasteiger charge is -2.43. The Morgan fingerprint density at radius 2 is 0.774 bits per heavy atom. The first-order chi connectivity index (χ1) is 56.1. The Hall–Kier alpha value is -12.9. The predicted octanol–water partition coefficient (Wildman–Crippen LogP) is 13.3. The number of fused-ring (bicyclic) bond motifs is 3. The van der Waals surface area contributed by atoms with Crippen LogP contribution < -0.4 is 9.47 Å². The van der Waals surface area contributed by atoms with Crippen LogP contribution in [0, 0.1) is 11.8 Å². The van der Waals surface area contributed by atoms with Gasteiger partial charge in [-0.2, -0.15) is 0 Å². The van der Waals surface area contributed by atoms with Crippen LogP contribution in [0.25, 0.3) is 50.7 Å². The van der Waals surface area contributed by atoms with Crippen LogP contribution in [0.3, 0.4) is 0 Å². The Morgan fingerprint density at radius 3 is 1.17 bits per heavy atom. The first-order valence-electron chi connectivity index (χ1n) is 37.9. The summed E-state index contributed by atoms with van der Waals surface area (Å²) < 4.78 is 58.2. The summed E-state index contributed by atoms with van der Waals surface area (Å²) in [5.41, 5.74) is 14.2. The van der Waals surface area contributed by atoms with E-state index in [0.717, 1.165) is 67.7 Å². The fourth-order valence-electron chi connectivity index (χ4n) is 14.2. The molecule has 15 aromatic rings. The molecule has 0 bridgehead atoms. The Balaban J connectivity index is 0.000000139. The normalized spacial score (nSPS) is 19.3. The number of carbonyl (C=O) groups excluding carboxylic acids is 2. The molecule has 2 saturated heterocycles. The Labute approximate surface area is 661 Å². The summed E-state index contributed by atoms with van der Waals surface area (Å²) in [4.78, 5) is 53.4. The van der Waals surface area contributed by atoms with Crippen LogP contribution in [-0.2, 0) is 67.1 Å². The first kappa shape index (κ1) is 77.4. The quantitative estimate of drug-likeness (QED) is 0.0372. The third kappa shape index (κ3) is 18.0. The second kappa shape index (κ2) is 35.4. The highest BCUT2D eigenvalue weighted by Crippen LogP contribution is 2.39. The zero-order chi connectivity index (χ0) is 79.5. The van der Waals surface area contributed by atoms with Crippen molar-refractivity contribution in [2.24, 2.45) is 11.8 Å². The van der Waals surface area contributed by atoms with Crippen LogP contribution in [0.4, 0.5) is 0 Å². The monoisotopic (exact) mass is 1550 g/mol. The number of esters is 2. The van der Waals surface area contributed by atoms with Gasteiger partial charge in [-0.1, -0.05) is 196 Å². The molecule has 0 spiro atoms. The molecule has 0 amide bonds. The van der Waals surface area contributed by atoms with Crippen molar-refractivity contribution in [1.82, 2.24) is 43.1 Å². The number of benzene rings is 6. The highest BCUT2D eigenvalue weighted by atomic mass is 16.7. The Kier molecular flexibility index (Phi) is 23.9. The summed E-state index contributed by atoms with van der Waals surface area (Å²) in [6, 6.07) is 70.9. The van der Waals surface area contributed by atoms with Crippen molar-refractivity contribution in [2.45, 2.75) is 115 Å². The van der Waals surface area contributed by atoms with Gasteiger partial charge in [-0.3, -0.25) is 22.8 Å². The third-order valence-electron chi connectivity index (χ3n) is 20.2. The summed E-state index contributed by atoms with van der Waals surface area (Å²) in [7, 11) is 0. The number of hydrogen-bond acceptors (Lipinski definition) is 22. The molecule has 25 nitrogen and oxygen atoms in total. The predicted molar refractivity (Wildman–Crippen MR) is 423 cm³/mol. The fourth-order valence-corrected chi connectivity index (χ4v) is 14.2. The van der Waals surface area contributed by atoms with E-state index in [1.165, 1.54) is 13.8 Å². The minimum atomic E-state index is -1.58. The molecule has 17 rings (SSSR count). The number of carbonyl (C=O) groups is 2. The lowest BCUT2D eigenvalue weighted by atomic mass is 9.84. The van der Waals surface area contributed by atoms with Crippen LogP contribution in [0.15, 0.2) is 269 Å². The summed E-state index contributed by atoms with van der Waals surface area (Å²) >= 11 is 0. The molecule has 0 unspecified atom stereocenters. The molecule has 6 aromatic carbocycles. The highest BCUT2D eigenvalue weighted by Gasteiger charge is 2.47. The largest absolute Gasteiger partial charge is 0.493 e. The number of aromatic nitrogens is 9. The summed E-state index contributed by atoms with van der Waals surface area (Å²) in [6.45, 7) is 6.00. The van der Waals surface area contributed by atoms with Gasteiger partial charge in [-0.25, -0.2) is 29.9 Å². The van der Waals surface area contributed by atoms with Gasteiger partial charge in [0.05, 0.1) is 78.8 Å². The highest BCUT2D eigenvalue weighted by molar-refractivity contribution is 5.68. The van der Waals surface area contributed by atoms with E-state index in [1.54, 1.807) is 39.9 Å². The number of aromatic hydroxyl groups is 1. The molecule has 115 heavy (non-hydrogen) atoms. The standard InChI is InChI=1S/C36H37N3O7.C30H29N3O7.C24H19N3O2/c1-22-23(2)36(45-32(21-43-24(3)40)33(22)44-25(4)41)46-35-30(19-28-16-11-17-42-28)38-34-29(18-26-12-7-5-8-13-26)37-31(20-39(34)35)27-14-9-6-10-15-27;34-17-24-25(35)26(36)27(37)30(39-24)40-29-22(15-20-12-7-13-38-20)32-28-21(14-18-8-3-1-4-9-18)31-23(16-33(28)29)19-10-5-2-6-11-19;28-24-21(15-19-12-7-13-29-19)26-23-20(14-17-8-3-1-4-9-17)25-22(16-27(23)24)18-10-5-2-6-11-18/h5-17,20,22-23,32-33,36H,18-19,21H2,1-4H3;1-13,16,24-27,30,34-37H,14-15,17H2;1-13,16,28H,14-15H2/t22-,23-,32-,33-,36+;24-,25+,26+,27-,30+;/m11./s1. The van der Waals surface area contributed by atoms with Gasteiger partial charge in [-0.15, -0.1) is 0 Å². The molecule has 2 aliphatic heterocycles. The SMILES string of the molecule is CC(=O)OC[C@H]1O[C@@H](Oc2c(Cc3ccco3)nc3c(Cc4ccccc4)nc(-c4ccccc4)cn23)[C@H](C)[C@@H](C)[C@H]1OC(C)=O.OC[C@H]1O[C@@H](Oc2c(Cc3ccco3)nc3c(Cc4ccccc4)nc(-c4ccccc4)cn23)[C@H](O)[C@@H](O)[C@H]1O.Oc1c(Cc2ccco2)nc2c(Cc3ccccc3)nc(-c3ccccc3)cn12. The zero-order valence-electron chi connectivity index (χ0n) is 63.4. The van der Waals surface area contributed by atoms with E-state index in [2.05, 4.69) is 24.3 Å². The van der Waals surface area contributed by atoms with E-state index in [-0.39, 0.29) is 36.6 Å². The number of ether oxygens (including phenoxy) is 6. The second-order valence-corrected chi connectivity index (χ2v) is 28.3. The van der Waals surface area contributed by atoms with Crippen LogP contribution in [-0.4, -0.2) is 143 Å². The number of aliphatic hydroxyl groups excluding tert-OH is 4. The summed E-state index contributed by atoms with van der Waals surface area (Å²) in [5, 5.41) is 51.9. The topological polar surface area (TPSA) is 321 Å². The number of imidazole rings is 3. The maximum Gasteiger partial charge on any atom is 0.303 e. The molecule has 586 valence electrons. The summed E-state index contributed by atoms with van der Waals surface area (Å²) in [6.07, 6.45) is 3.84. The van der Waals surface area contributed by atoms with Crippen molar-refractivity contribution in [3.8, 4) is 51.4 Å². The number of furan rings is 3. The van der Waals surface area contributed by atoms with Gasteiger partial charge in [0.15, 0.2) is 16.9 Å². The molecule has 2 aliphatic rings. The number of rotatable bonds is 23. The van der Waals surface area contributed by atoms with Crippen LogP contribution in [0.5, 0.6) is 17.6 Å². The third-order valence-corrected chi connectivity index (χ3v) is 20.2. The molecule has 11 heterocycles. The molecule has 2 fully saturated rings. The molecule has 0 radical (unpaired) electrons. The first-order valence-corrected chi connectivity index (χ1v) is 37.9. The van der Waals surface area contributed by atoms with Crippen molar-refractivity contribution in [1.29, 1.82) is 0 Å². The van der Waals surface area contributed by atoms with E-state index < -0.39 is 67.7 Å². The van der Waals surface area contributed by atoms with Gasteiger partial charge in [-0.05, 0) is 53.1 Å². The van der Waals surface area contributed by atoms with Gasteiger partial charge < -0.3 is 67.2 Å². The molecular weight excluding hydrogens is 1460 g/mol. The van der Waals surface area contributed by atoms with Gasteiger partial charge >= 0.3 is 11.9 Å². The van der Waals surface area contributed by atoms with E-state index in [9.17, 15) is 35.1 Å². The average Bonchev–Trinajstić information content (AvgIpc) is 1.63. The smallest absolute Gasteiger partial charge is 0.303 e. The Bertz CT molecular complexity index is 5700. The van der Waals surface area contributed by atoms with Crippen molar-refractivity contribution in [3.05, 3.63) is 324 Å². The van der Waals surface area contributed by atoms with E-state index in [4.69, 9.17) is 71.6 Å². The molecule has 5 N–H and O–H groups in total. The minimum absolute atomic E-state index is 0.0834. The number of nitrogens with zero attached hydrogens (tertiary/aromatic N) is 9. The van der Waals surface area contributed by atoms with Crippen molar-refractivity contribution >= 4 is 28.9 Å². The van der Waals surface area contributed by atoms with E-state index >= 15 is 0 Å². The molecular formula is C90H85N9O16. The van der Waals surface area contributed by atoms with Gasteiger partial charge in [0.25, 0.3) is 0 Å². The lowest BCUT2D eigenvalue weighted by molar-refractivity contribution is -0.278. The number of aliphatic hydroxyl groups is 4. The zero-order valence-corrected chi connectivity index (χ0v) is 63.4. The Morgan fingerprint density at radius 1 is 0.400 bits per heavy atom. The molecule has 10 atom stereocenters. The maximum atomic E-state index is 12.0. The minimum Gasteiger partial charge on any atom is -0.493 e. The molecule has 25 heteroatoms. The molecule has 0 aliphatic carbocycles. The summed E-state index contributed by atoms with van der Waals surface area (Å²) in [5.74, 6) is 1.70. The van der Waals surface area contributed by atoms with Gasteiger partial charge in [0.2, 0.25) is 30.2 Å². The maximum absolute atomic E-state index is 12.0. The number of hydrogen-bond donors (Lipinski definition) is 5. The second-order valence-electron chi connectivity index (χ2n) is 28.3. The lowest BCUT2D eigenvalue weighted by Crippen LogP contribution is -2.60. The van der Waals surface area contributed by atoms with Crippen LogP contribution in [0.1, 0.15) is 95.8 Å². The van der Waals surface area contributed by atoms with Crippen molar-refractivity contribution < 1.29 is 76.8 Å².